The first-order valence-corrected chi connectivity index (χ1v) is 15.7. The maximum absolute atomic E-state index is 12.5. The minimum atomic E-state index is -0.319. The Morgan fingerprint density at radius 3 is 1.40 bits per heavy atom. The standard InChI is InChI=1S/C34H47N5O4/c1-6-10-12-25(8-3)22-42-31(40)27-14-18-29(19-15-27)37-33-35-24(5)36-34(39-33)38-30-20-16-28(17-21-30)32(41)43-23-26(9-4)13-11-7-2/h14-21,25-26H,6-13,22-23H2,1-5H3,(H2,35,36,37,38,39). The average Bonchev–Trinajstić information content (AvgIpc) is 3.01. The number of nitrogens with zero attached hydrogens (tertiary/aromatic N) is 3. The first-order valence-electron chi connectivity index (χ1n) is 15.7. The summed E-state index contributed by atoms with van der Waals surface area (Å²) in [5.74, 6) is 1.41. The third-order valence-electron chi connectivity index (χ3n) is 7.49. The minimum absolute atomic E-state index is 0.319. The number of benzene rings is 2. The number of aromatic nitrogens is 3. The molecule has 0 saturated carbocycles. The average molecular weight is 590 g/mol. The van der Waals surface area contributed by atoms with Gasteiger partial charge >= 0.3 is 11.9 Å². The van der Waals surface area contributed by atoms with Gasteiger partial charge in [0.05, 0.1) is 24.3 Å². The molecule has 3 rings (SSSR count). The van der Waals surface area contributed by atoms with E-state index in [1.807, 2.05) is 0 Å². The van der Waals surface area contributed by atoms with Crippen LogP contribution in [0.15, 0.2) is 48.5 Å². The van der Waals surface area contributed by atoms with E-state index in [0.717, 1.165) is 62.7 Å². The van der Waals surface area contributed by atoms with Gasteiger partial charge in [0, 0.05) is 11.4 Å². The molecule has 43 heavy (non-hydrogen) atoms. The predicted octanol–water partition coefficient (Wildman–Crippen LogP) is 8.41. The molecule has 232 valence electrons. The number of unbranched alkanes of at least 4 members (excludes halogenated alkanes) is 2. The van der Waals surface area contributed by atoms with Crippen LogP contribution in [0.25, 0.3) is 0 Å². The van der Waals surface area contributed by atoms with Crippen molar-refractivity contribution in [3.63, 3.8) is 0 Å². The first kappa shape index (κ1) is 33.5. The highest BCUT2D eigenvalue weighted by Gasteiger charge is 2.14. The van der Waals surface area contributed by atoms with Crippen molar-refractivity contribution in [1.29, 1.82) is 0 Å². The van der Waals surface area contributed by atoms with E-state index in [-0.39, 0.29) is 11.9 Å². The summed E-state index contributed by atoms with van der Waals surface area (Å²) in [5, 5.41) is 6.34. The summed E-state index contributed by atoms with van der Waals surface area (Å²) in [4.78, 5) is 38.3. The number of hydrogen-bond donors (Lipinski definition) is 2. The molecule has 2 atom stereocenters. The van der Waals surface area contributed by atoms with Crippen LogP contribution in [0.1, 0.15) is 106 Å². The molecule has 0 bridgehead atoms. The third kappa shape index (κ3) is 11.3. The molecule has 0 fully saturated rings. The van der Waals surface area contributed by atoms with Crippen LogP contribution in [-0.2, 0) is 9.47 Å². The molecule has 9 heteroatoms. The summed E-state index contributed by atoms with van der Waals surface area (Å²) in [7, 11) is 0. The van der Waals surface area contributed by atoms with Gasteiger partial charge in [0.2, 0.25) is 11.9 Å². The van der Waals surface area contributed by atoms with E-state index in [1.54, 1.807) is 55.5 Å². The molecule has 0 radical (unpaired) electrons. The van der Waals surface area contributed by atoms with Crippen LogP contribution >= 0.6 is 0 Å². The van der Waals surface area contributed by atoms with Gasteiger partial charge in [-0.3, -0.25) is 0 Å². The SMILES string of the molecule is CCCCC(CC)COC(=O)c1ccc(Nc2nc(C)nc(Nc3ccc(C(=O)OCC(CC)CCCC)cc3)n2)cc1. The summed E-state index contributed by atoms with van der Waals surface area (Å²) in [6.45, 7) is 11.3. The van der Waals surface area contributed by atoms with Crippen molar-refractivity contribution < 1.29 is 19.1 Å². The zero-order valence-corrected chi connectivity index (χ0v) is 26.3. The van der Waals surface area contributed by atoms with Gasteiger partial charge in [0.15, 0.2) is 0 Å². The lowest BCUT2D eigenvalue weighted by Crippen LogP contribution is -2.14. The van der Waals surface area contributed by atoms with E-state index in [0.29, 0.717) is 53.9 Å². The highest BCUT2D eigenvalue weighted by atomic mass is 16.5. The van der Waals surface area contributed by atoms with E-state index < -0.39 is 0 Å². The number of carbonyl (C=O) groups excluding carboxylic acids is 2. The summed E-state index contributed by atoms with van der Waals surface area (Å²) < 4.78 is 11.1. The Balaban J connectivity index is 1.55. The van der Waals surface area contributed by atoms with Gasteiger partial charge in [-0.1, -0.05) is 66.2 Å². The van der Waals surface area contributed by atoms with Crippen molar-refractivity contribution in [3.05, 3.63) is 65.5 Å². The Hall–Kier alpha value is -4.01. The van der Waals surface area contributed by atoms with Crippen LogP contribution in [0.2, 0.25) is 0 Å². The fourth-order valence-corrected chi connectivity index (χ4v) is 4.58. The second-order valence-electron chi connectivity index (χ2n) is 11.0. The predicted molar refractivity (Wildman–Crippen MR) is 171 cm³/mol. The minimum Gasteiger partial charge on any atom is -0.462 e. The molecule has 0 spiro atoms. The summed E-state index contributed by atoms with van der Waals surface area (Å²) in [5.41, 5.74) is 2.45. The molecule has 0 aliphatic carbocycles. The van der Waals surface area contributed by atoms with Crippen molar-refractivity contribution in [3.8, 4) is 0 Å². The van der Waals surface area contributed by atoms with Crippen molar-refractivity contribution in [2.45, 2.75) is 86.0 Å². The zero-order chi connectivity index (χ0) is 31.0. The lowest BCUT2D eigenvalue weighted by atomic mass is 10.0. The maximum atomic E-state index is 12.5. The number of nitrogens with one attached hydrogen (secondary N) is 2. The highest BCUT2D eigenvalue weighted by Crippen LogP contribution is 2.20. The van der Waals surface area contributed by atoms with Crippen LogP contribution < -0.4 is 10.6 Å². The number of rotatable bonds is 18. The van der Waals surface area contributed by atoms with Gasteiger partial charge in [0.25, 0.3) is 0 Å². The van der Waals surface area contributed by atoms with Gasteiger partial charge in [-0.05, 0) is 80.1 Å². The van der Waals surface area contributed by atoms with Gasteiger partial charge in [-0.15, -0.1) is 0 Å². The van der Waals surface area contributed by atoms with E-state index in [4.69, 9.17) is 9.47 Å². The quantitative estimate of drug-likeness (QED) is 0.141. The number of carbonyl (C=O) groups is 2. The first-order chi connectivity index (χ1) is 20.8. The second-order valence-corrected chi connectivity index (χ2v) is 11.0. The van der Waals surface area contributed by atoms with Crippen molar-refractivity contribution in [1.82, 2.24) is 15.0 Å². The molecule has 1 aromatic heterocycles. The Bertz CT molecular complexity index is 1190. The molecule has 9 nitrogen and oxygen atoms in total. The molecule has 2 N–H and O–H groups in total. The molecule has 2 unspecified atom stereocenters. The van der Waals surface area contributed by atoms with Crippen LogP contribution in [0, 0.1) is 18.8 Å². The van der Waals surface area contributed by atoms with E-state index in [2.05, 4.69) is 53.3 Å². The normalized spacial score (nSPS) is 12.3. The lowest BCUT2D eigenvalue weighted by molar-refractivity contribution is 0.0419. The van der Waals surface area contributed by atoms with Crippen LogP contribution in [0.3, 0.4) is 0 Å². The van der Waals surface area contributed by atoms with E-state index >= 15 is 0 Å². The van der Waals surface area contributed by atoms with Gasteiger partial charge in [0.1, 0.15) is 5.82 Å². The second kappa shape index (κ2) is 17.8. The molecule has 3 aromatic rings. The highest BCUT2D eigenvalue weighted by molar-refractivity contribution is 5.90. The molecule has 2 aromatic carbocycles. The lowest BCUT2D eigenvalue weighted by Gasteiger charge is -2.15. The smallest absolute Gasteiger partial charge is 0.338 e. The molecular formula is C34H47N5O4. The topological polar surface area (TPSA) is 115 Å². The van der Waals surface area contributed by atoms with Crippen LogP contribution in [0.5, 0.6) is 0 Å². The van der Waals surface area contributed by atoms with Gasteiger partial charge in [-0.2, -0.15) is 15.0 Å². The van der Waals surface area contributed by atoms with Gasteiger partial charge in [-0.25, -0.2) is 9.59 Å². The van der Waals surface area contributed by atoms with Crippen LogP contribution in [-0.4, -0.2) is 40.1 Å². The largest absolute Gasteiger partial charge is 0.462 e. The number of aryl methyl sites for hydroxylation is 1. The van der Waals surface area contributed by atoms with E-state index in [9.17, 15) is 9.59 Å². The van der Waals surface area contributed by atoms with Crippen molar-refractivity contribution in [2.24, 2.45) is 11.8 Å². The summed E-state index contributed by atoms with van der Waals surface area (Å²) >= 11 is 0. The Kier molecular flexibility index (Phi) is 13.9. The van der Waals surface area contributed by atoms with Crippen LogP contribution in [0.4, 0.5) is 23.3 Å². The summed E-state index contributed by atoms with van der Waals surface area (Å²) in [6.07, 6.45) is 8.71. The summed E-state index contributed by atoms with van der Waals surface area (Å²) in [6, 6.07) is 14.1. The number of esters is 2. The molecule has 0 saturated heterocycles. The van der Waals surface area contributed by atoms with Crippen molar-refractivity contribution >= 4 is 35.2 Å². The molecule has 0 aliphatic rings. The zero-order valence-electron chi connectivity index (χ0n) is 26.3. The van der Waals surface area contributed by atoms with E-state index in [1.165, 1.54) is 0 Å². The maximum Gasteiger partial charge on any atom is 0.338 e. The molecule has 0 aliphatic heterocycles. The Morgan fingerprint density at radius 2 is 1.05 bits per heavy atom. The van der Waals surface area contributed by atoms with Crippen molar-refractivity contribution in [2.75, 3.05) is 23.8 Å². The number of ether oxygens (including phenoxy) is 2. The molecular weight excluding hydrogens is 542 g/mol. The fourth-order valence-electron chi connectivity index (χ4n) is 4.58. The fraction of sp³-hybridized carbons (Fsp3) is 0.500. The van der Waals surface area contributed by atoms with Gasteiger partial charge < -0.3 is 20.1 Å². The Labute approximate surface area is 256 Å². The number of hydrogen-bond acceptors (Lipinski definition) is 9. The molecule has 1 heterocycles. The number of anilines is 4. The monoisotopic (exact) mass is 589 g/mol. The molecule has 0 amide bonds. The Morgan fingerprint density at radius 1 is 0.651 bits per heavy atom. The third-order valence-corrected chi connectivity index (χ3v) is 7.49.